The van der Waals surface area contributed by atoms with E-state index in [4.69, 9.17) is 9.47 Å². The smallest absolute Gasteiger partial charge is 0.136 e. The van der Waals surface area contributed by atoms with Crippen molar-refractivity contribution >= 4 is 11.4 Å². The molecule has 0 fully saturated rings. The zero-order valence-corrected chi connectivity index (χ0v) is 18.0. The molecule has 0 saturated carbocycles. The summed E-state index contributed by atoms with van der Waals surface area (Å²) in [6.45, 7) is 10.3. The van der Waals surface area contributed by atoms with Crippen LogP contribution in [0.25, 0.3) is 0 Å². The first-order chi connectivity index (χ1) is 13.2. The fourth-order valence-electron chi connectivity index (χ4n) is 2.64. The van der Waals surface area contributed by atoms with Crippen LogP contribution in [0.15, 0.2) is 48.5 Å². The van der Waals surface area contributed by atoms with E-state index in [9.17, 15) is 8.94 Å². The van der Waals surface area contributed by atoms with Crippen molar-refractivity contribution in [3.05, 3.63) is 65.5 Å². The number of hydrogen-bond acceptors (Lipinski definition) is 4. The normalized spacial score (nSPS) is 15.1. The van der Waals surface area contributed by atoms with Crippen molar-refractivity contribution in [3.8, 4) is 5.75 Å². The molecule has 6 heteroatoms. The van der Waals surface area contributed by atoms with Gasteiger partial charge in [0.2, 0.25) is 0 Å². The van der Waals surface area contributed by atoms with Gasteiger partial charge < -0.3 is 14.0 Å². The zero-order chi connectivity index (χ0) is 20.7. The summed E-state index contributed by atoms with van der Waals surface area (Å²) in [5.74, 6) is 0.0469. The molecule has 1 unspecified atom stereocenters. The third-order valence-corrected chi connectivity index (χ3v) is 5.76. The van der Waals surface area contributed by atoms with Crippen molar-refractivity contribution in [2.75, 3.05) is 6.61 Å². The lowest BCUT2D eigenvalue weighted by Crippen LogP contribution is -2.44. The summed E-state index contributed by atoms with van der Waals surface area (Å²) in [5, 5.41) is 0. The van der Waals surface area contributed by atoms with Crippen LogP contribution in [0.5, 0.6) is 5.75 Å². The molecule has 2 aromatic rings. The lowest BCUT2D eigenvalue weighted by atomic mass is 10.0. The average Bonchev–Trinajstić information content (AvgIpc) is 2.63. The number of hydrogen-bond donors (Lipinski definition) is 1. The molecule has 1 N–H and O–H groups in total. The molecule has 0 spiro atoms. The number of nitrogens with one attached hydrogen (secondary N) is 1. The van der Waals surface area contributed by atoms with Crippen LogP contribution in [0.1, 0.15) is 51.8 Å². The minimum Gasteiger partial charge on any atom is -0.598 e. The van der Waals surface area contributed by atoms with Crippen LogP contribution in [0.4, 0.5) is 4.39 Å². The molecule has 154 valence electrons. The van der Waals surface area contributed by atoms with E-state index in [0.717, 1.165) is 5.56 Å². The Bertz CT molecular complexity index is 736. The third kappa shape index (κ3) is 6.78. The summed E-state index contributed by atoms with van der Waals surface area (Å²) in [5.41, 5.74) is 1.68. The van der Waals surface area contributed by atoms with E-state index >= 15 is 0 Å². The van der Waals surface area contributed by atoms with Crippen LogP contribution in [0, 0.1) is 5.82 Å². The van der Waals surface area contributed by atoms with E-state index in [1.165, 1.54) is 12.1 Å². The Morgan fingerprint density at radius 3 is 2.43 bits per heavy atom. The molecule has 0 bridgehead atoms. The minimum atomic E-state index is -1.35. The molecule has 2 rings (SSSR count). The lowest BCUT2D eigenvalue weighted by molar-refractivity contribution is 0.0316. The number of rotatable bonds is 9. The monoisotopic (exact) mass is 407 g/mol. The van der Waals surface area contributed by atoms with E-state index in [2.05, 4.69) is 4.72 Å². The molecule has 0 aromatic heterocycles. The Kier molecular flexibility index (Phi) is 8.31. The van der Waals surface area contributed by atoms with Gasteiger partial charge in [-0.25, -0.2) is 4.39 Å². The maximum atomic E-state index is 14.2. The zero-order valence-electron chi connectivity index (χ0n) is 17.2. The first-order valence-electron chi connectivity index (χ1n) is 9.47. The van der Waals surface area contributed by atoms with Crippen molar-refractivity contribution in [1.29, 1.82) is 0 Å². The molecule has 28 heavy (non-hydrogen) atoms. The molecule has 0 aliphatic carbocycles. The number of ether oxygens (including phenoxy) is 2. The van der Waals surface area contributed by atoms with Crippen molar-refractivity contribution in [3.63, 3.8) is 0 Å². The molecule has 0 aliphatic rings. The van der Waals surface area contributed by atoms with Gasteiger partial charge in [0.05, 0.1) is 19.3 Å². The Hall–Kier alpha value is -1.60. The first kappa shape index (κ1) is 22.7. The summed E-state index contributed by atoms with van der Waals surface area (Å²) in [6.07, 6.45) is -0.345. The van der Waals surface area contributed by atoms with E-state index in [-0.39, 0.29) is 6.10 Å². The third-order valence-electron chi connectivity index (χ3n) is 4.18. The molecular formula is C22H30FNO3S. The highest BCUT2D eigenvalue weighted by atomic mass is 32.2. The molecule has 0 radical (unpaired) electrons. The topological polar surface area (TPSA) is 53.5 Å². The van der Waals surface area contributed by atoms with Gasteiger partial charge in [0.1, 0.15) is 22.4 Å². The Morgan fingerprint density at radius 1 is 1.14 bits per heavy atom. The highest BCUT2D eigenvalue weighted by Gasteiger charge is 2.33. The number of halogens is 1. The SMILES string of the molecule is CCOc1cc(F)cc([C@H](N[S+]([O-])C(C)(C)C)[C@H](C)OCc2ccccc2)c1. The summed E-state index contributed by atoms with van der Waals surface area (Å²) in [6, 6.07) is 13.9. The summed E-state index contributed by atoms with van der Waals surface area (Å²) in [4.78, 5) is 0. The van der Waals surface area contributed by atoms with Gasteiger partial charge in [0.25, 0.3) is 0 Å². The summed E-state index contributed by atoms with van der Waals surface area (Å²) >= 11 is -1.35. The fourth-order valence-corrected chi connectivity index (χ4v) is 3.55. The first-order valence-corrected chi connectivity index (χ1v) is 10.6. The largest absolute Gasteiger partial charge is 0.598 e. The highest BCUT2D eigenvalue weighted by Crippen LogP contribution is 2.28. The molecule has 0 aliphatic heterocycles. The molecule has 4 nitrogen and oxygen atoms in total. The second kappa shape index (κ2) is 10.3. The maximum absolute atomic E-state index is 14.2. The molecule has 0 heterocycles. The maximum Gasteiger partial charge on any atom is 0.136 e. The molecular weight excluding hydrogens is 377 g/mol. The fraction of sp³-hybridized carbons (Fsp3) is 0.455. The molecule has 0 amide bonds. The van der Waals surface area contributed by atoms with E-state index < -0.39 is 28.0 Å². The van der Waals surface area contributed by atoms with Gasteiger partial charge in [0.15, 0.2) is 0 Å². The lowest BCUT2D eigenvalue weighted by Gasteiger charge is -2.31. The van der Waals surface area contributed by atoms with Crippen molar-refractivity contribution in [2.45, 2.75) is 58.1 Å². The Morgan fingerprint density at radius 2 is 1.82 bits per heavy atom. The van der Waals surface area contributed by atoms with Crippen LogP contribution in [0.2, 0.25) is 0 Å². The second-order valence-electron chi connectivity index (χ2n) is 7.63. The van der Waals surface area contributed by atoms with E-state index in [1.54, 1.807) is 6.07 Å². The van der Waals surface area contributed by atoms with E-state index in [0.29, 0.717) is 24.5 Å². The van der Waals surface area contributed by atoms with Gasteiger partial charge in [-0.2, -0.15) is 0 Å². The van der Waals surface area contributed by atoms with Gasteiger partial charge in [-0.3, -0.25) is 0 Å². The quantitative estimate of drug-likeness (QED) is 0.599. The van der Waals surface area contributed by atoms with E-state index in [1.807, 2.05) is 65.0 Å². The molecule has 0 saturated heterocycles. The summed E-state index contributed by atoms with van der Waals surface area (Å²) in [7, 11) is 0. The molecule has 3 atom stereocenters. The van der Waals surface area contributed by atoms with Gasteiger partial charge in [0, 0.05) is 17.4 Å². The standard InChI is InChI=1S/C22H30FNO3S/c1-6-26-20-13-18(12-19(23)14-20)21(24-28(25)22(3,4)5)16(2)27-15-17-10-8-7-9-11-17/h7-14,16,21,24H,6,15H2,1-5H3/t16-,21+,28?/m0/s1. The number of benzene rings is 2. The van der Waals surface area contributed by atoms with Gasteiger partial charge in [-0.15, -0.1) is 4.72 Å². The predicted molar refractivity (Wildman–Crippen MR) is 112 cm³/mol. The van der Waals surface area contributed by atoms with Crippen LogP contribution in [0.3, 0.4) is 0 Å². The van der Waals surface area contributed by atoms with Gasteiger partial charge >= 0.3 is 0 Å². The van der Waals surface area contributed by atoms with Crippen LogP contribution >= 0.6 is 0 Å². The van der Waals surface area contributed by atoms with Crippen LogP contribution < -0.4 is 9.46 Å². The Labute approximate surface area is 170 Å². The predicted octanol–water partition coefficient (Wildman–Crippen LogP) is 4.92. The van der Waals surface area contributed by atoms with Crippen LogP contribution in [-0.2, 0) is 22.7 Å². The van der Waals surface area contributed by atoms with Crippen molar-refractivity contribution < 1.29 is 18.4 Å². The van der Waals surface area contributed by atoms with Crippen molar-refractivity contribution in [1.82, 2.24) is 4.72 Å². The summed E-state index contributed by atoms with van der Waals surface area (Å²) < 4.78 is 41.1. The van der Waals surface area contributed by atoms with Crippen molar-refractivity contribution in [2.24, 2.45) is 0 Å². The van der Waals surface area contributed by atoms with Gasteiger partial charge in [-0.05, 0) is 57.9 Å². The molecule has 2 aromatic carbocycles. The van der Waals surface area contributed by atoms with Crippen LogP contribution in [-0.4, -0.2) is 22.0 Å². The van der Waals surface area contributed by atoms with Gasteiger partial charge in [-0.1, -0.05) is 30.3 Å². The Balaban J connectivity index is 2.25. The second-order valence-corrected chi connectivity index (χ2v) is 9.63. The average molecular weight is 408 g/mol. The minimum absolute atomic E-state index is 0.345. The highest BCUT2D eigenvalue weighted by molar-refractivity contribution is 7.90.